The van der Waals surface area contributed by atoms with Crippen LogP contribution in [0.3, 0.4) is 0 Å². The van der Waals surface area contributed by atoms with E-state index in [1.165, 1.54) is 13.0 Å². The van der Waals surface area contributed by atoms with Crippen molar-refractivity contribution in [1.82, 2.24) is 0 Å². The van der Waals surface area contributed by atoms with Gasteiger partial charge < -0.3 is 9.47 Å². The highest BCUT2D eigenvalue weighted by Crippen LogP contribution is 2.30. The molecule has 0 bridgehead atoms. The lowest BCUT2D eigenvalue weighted by Crippen LogP contribution is -2.04. The molecular weight excluding hydrogens is 403 g/mol. The smallest absolute Gasteiger partial charge is 0.302 e. The minimum absolute atomic E-state index is 0.202. The van der Waals surface area contributed by atoms with Crippen LogP contribution in [0.2, 0.25) is 0 Å². The number of carbonyl (C=O) groups is 1. The van der Waals surface area contributed by atoms with Crippen molar-refractivity contribution in [2.24, 2.45) is 0 Å². The predicted molar refractivity (Wildman–Crippen MR) is 124 cm³/mol. The molecule has 4 aromatic rings. The second-order valence-electron chi connectivity index (χ2n) is 7.88. The summed E-state index contributed by atoms with van der Waals surface area (Å²) in [5, 5.41) is 1.80. The third-order valence-electron chi connectivity index (χ3n) is 5.59. The molecule has 32 heavy (non-hydrogen) atoms. The maximum Gasteiger partial charge on any atom is 0.302 e. The molecule has 0 heterocycles. The third-order valence-corrected chi connectivity index (χ3v) is 5.59. The molecule has 0 atom stereocenters. The summed E-state index contributed by atoms with van der Waals surface area (Å²) in [4.78, 5) is 11.3. The van der Waals surface area contributed by atoms with Crippen LogP contribution in [-0.4, -0.2) is 5.97 Å². The molecule has 162 valence electrons. The quantitative estimate of drug-likeness (QED) is 0.314. The van der Waals surface area contributed by atoms with Gasteiger partial charge in [-0.05, 0) is 82.3 Å². The van der Waals surface area contributed by atoms with Gasteiger partial charge in [0.2, 0.25) is 0 Å². The Balaban J connectivity index is 1.59. The van der Waals surface area contributed by atoms with Gasteiger partial charge >= 0.3 is 5.97 Å². The number of hydrogen-bond acceptors (Lipinski definition) is 3. The van der Waals surface area contributed by atoms with Crippen LogP contribution in [-0.2, 0) is 29.2 Å². The van der Waals surface area contributed by atoms with Crippen molar-refractivity contribution in [2.75, 3.05) is 0 Å². The van der Waals surface area contributed by atoms with Crippen molar-refractivity contribution < 1.29 is 18.7 Å². The van der Waals surface area contributed by atoms with Gasteiger partial charge in [0.15, 0.2) is 0 Å². The molecule has 4 heteroatoms. The first-order valence-corrected chi connectivity index (χ1v) is 10.6. The van der Waals surface area contributed by atoms with E-state index in [4.69, 9.17) is 9.47 Å². The monoisotopic (exact) mass is 428 g/mol. The van der Waals surface area contributed by atoms with Crippen molar-refractivity contribution in [1.29, 1.82) is 0 Å². The second-order valence-corrected chi connectivity index (χ2v) is 7.88. The third kappa shape index (κ3) is 5.14. The largest absolute Gasteiger partial charge is 0.489 e. The molecule has 4 rings (SSSR count). The van der Waals surface area contributed by atoms with Crippen molar-refractivity contribution in [3.05, 3.63) is 112 Å². The lowest BCUT2D eigenvalue weighted by Gasteiger charge is -2.16. The molecule has 0 N–H and O–H groups in total. The topological polar surface area (TPSA) is 35.5 Å². The molecule has 0 saturated heterocycles. The summed E-state index contributed by atoms with van der Waals surface area (Å²) >= 11 is 0. The first-order chi connectivity index (χ1) is 15.5. The SMILES string of the molecule is CC(=O)OCc1cc2ccc(F)cc2c(Cc2ccc(OCc3ccccc3)cc2)c1C. The van der Waals surface area contributed by atoms with E-state index >= 15 is 0 Å². The fourth-order valence-corrected chi connectivity index (χ4v) is 3.81. The normalized spacial score (nSPS) is 10.8. The maximum absolute atomic E-state index is 14.0. The number of rotatable bonds is 7. The molecule has 0 aliphatic heterocycles. The molecule has 0 amide bonds. The van der Waals surface area contributed by atoms with Crippen LogP contribution in [0.25, 0.3) is 10.8 Å². The van der Waals surface area contributed by atoms with Crippen molar-refractivity contribution in [2.45, 2.75) is 33.5 Å². The Bertz CT molecular complexity index is 1230. The number of benzene rings is 4. The van der Waals surface area contributed by atoms with Gasteiger partial charge in [0, 0.05) is 6.92 Å². The van der Waals surface area contributed by atoms with Crippen LogP contribution in [0.4, 0.5) is 4.39 Å². The van der Waals surface area contributed by atoms with Gasteiger partial charge in [-0.1, -0.05) is 48.5 Å². The van der Waals surface area contributed by atoms with Gasteiger partial charge in [-0.2, -0.15) is 0 Å². The van der Waals surface area contributed by atoms with Crippen LogP contribution in [0, 0.1) is 12.7 Å². The summed E-state index contributed by atoms with van der Waals surface area (Å²) in [5.74, 6) is 0.209. The standard InChI is InChI=1S/C28H25FO3/c1-19-24(18-31-20(2)30)15-23-10-11-25(29)16-28(23)27(19)14-21-8-12-26(13-9-21)32-17-22-6-4-3-5-7-22/h3-13,15-16H,14,17-18H2,1-2H3. The lowest BCUT2D eigenvalue weighted by molar-refractivity contribution is -0.142. The molecule has 3 nitrogen and oxygen atoms in total. The Morgan fingerprint density at radius 1 is 0.875 bits per heavy atom. The number of carbonyl (C=O) groups excluding carboxylic acids is 1. The van der Waals surface area contributed by atoms with Crippen LogP contribution in [0.5, 0.6) is 5.75 Å². The van der Waals surface area contributed by atoms with Crippen molar-refractivity contribution >= 4 is 16.7 Å². The molecule has 4 aromatic carbocycles. The summed E-state index contributed by atoms with van der Waals surface area (Å²) in [7, 11) is 0. The molecule has 0 spiro atoms. The van der Waals surface area contributed by atoms with E-state index in [0.717, 1.165) is 44.3 Å². The molecule has 0 radical (unpaired) electrons. The summed E-state index contributed by atoms with van der Waals surface area (Å²) in [6, 6.07) is 24.8. The van der Waals surface area contributed by atoms with Crippen molar-refractivity contribution in [3.8, 4) is 5.75 Å². The highest BCUT2D eigenvalue weighted by atomic mass is 19.1. The zero-order chi connectivity index (χ0) is 22.5. The van der Waals surface area contributed by atoms with Crippen LogP contribution >= 0.6 is 0 Å². The Morgan fingerprint density at radius 2 is 1.62 bits per heavy atom. The van der Waals surface area contributed by atoms with Gasteiger partial charge in [-0.15, -0.1) is 0 Å². The fraction of sp³-hybridized carbons (Fsp3) is 0.179. The van der Waals surface area contributed by atoms with Gasteiger partial charge in [0.1, 0.15) is 24.8 Å². The van der Waals surface area contributed by atoms with Gasteiger partial charge in [-0.3, -0.25) is 4.79 Å². The van der Waals surface area contributed by atoms with Crippen LogP contribution in [0.15, 0.2) is 78.9 Å². The molecule has 0 aliphatic rings. The number of fused-ring (bicyclic) bond motifs is 1. The van der Waals surface area contributed by atoms with E-state index in [1.54, 1.807) is 12.1 Å². The Labute approximate surface area is 187 Å². The number of halogens is 1. The zero-order valence-electron chi connectivity index (χ0n) is 18.2. The fourth-order valence-electron chi connectivity index (χ4n) is 3.81. The van der Waals surface area contributed by atoms with E-state index in [9.17, 15) is 9.18 Å². The zero-order valence-corrected chi connectivity index (χ0v) is 18.2. The van der Waals surface area contributed by atoms with Gasteiger partial charge in [0.25, 0.3) is 0 Å². The minimum Gasteiger partial charge on any atom is -0.489 e. The molecule has 0 aliphatic carbocycles. The number of esters is 1. The molecule has 0 aromatic heterocycles. The second kappa shape index (κ2) is 9.65. The first kappa shape index (κ1) is 21.6. The number of ether oxygens (including phenoxy) is 2. The highest BCUT2D eigenvalue weighted by Gasteiger charge is 2.13. The molecule has 0 unspecified atom stereocenters. The van der Waals surface area contributed by atoms with Crippen LogP contribution < -0.4 is 4.74 Å². The predicted octanol–water partition coefficient (Wildman–Crippen LogP) is 6.52. The first-order valence-electron chi connectivity index (χ1n) is 10.6. The van der Waals surface area contributed by atoms with E-state index in [2.05, 4.69) is 0 Å². The Kier molecular flexibility index (Phi) is 6.50. The Hall–Kier alpha value is -3.66. The van der Waals surface area contributed by atoms with Gasteiger partial charge in [-0.25, -0.2) is 4.39 Å². The Morgan fingerprint density at radius 3 is 2.34 bits per heavy atom. The van der Waals surface area contributed by atoms with E-state index in [0.29, 0.717) is 13.0 Å². The van der Waals surface area contributed by atoms with Crippen molar-refractivity contribution in [3.63, 3.8) is 0 Å². The average molecular weight is 429 g/mol. The average Bonchev–Trinajstić information content (AvgIpc) is 2.80. The molecule has 0 saturated carbocycles. The van der Waals surface area contributed by atoms with E-state index < -0.39 is 0 Å². The summed E-state index contributed by atoms with van der Waals surface area (Å²) in [5.41, 5.74) is 5.17. The summed E-state index contributed by atoms with van der Waals surface area (Å²) in [6.07, 6.45) is 0.638. The molecular formula is C28H25FO3. The van der Waals surface area contributed by atoms with E-state index in [1.807, 2.05) is 67.6 Å². The maximum atomic E-state index is 14.0. The molecule has 0 fully saturated rings. The number of hydrogen-bond donors (Lipinski definition) is 0. The lowest BCUT2D eigenvalue weighted by atomic mass is 9.91. The highest BCUT2D eigenvalue weighted by molar-refractivity contribution is 5.88. The van der Waals surface area contributed by atoms with Gasteiger partial charge in [0.05, 0.1) is 0 Å². The summed E-state index contributed by atoms with van der Waals surface area (Å²) in [6.45, 7) is 4.11. The minimum atomic E-state index is -0.323. The van der Waals surface area contributed by atoms with E-state index in [-0.39, 0.29) is 18.4 Å². The van der Waals surface area contributed by atoms with Crippen LogP contribution in [0.1, 0.15) is 34.7 Å². The summed E-state index contributed by atoms with van der Waals surface area (Å²) < 4.78 is 25.2.